The Bertz CT molecular complexity index is 721. The highest BCUT2D eigenvalue weighted by Crippen LogP contribution is 2.13. The fourth-order valence-electron chi connectivity index (χ4n) is 1.62. The normalized spacial score (nSPS) is 10.2. The lowest BCUT2D eigenvalue weighted by molar-refractivity contribution is -0.120. The summed E-state index contributed by atoms with van der Waals surface area (Å²) in [6.07, 6.45) is 1.48. The summed E-state index contributed by atoms with van der Waals surface area (Å²) in [6, 6.07) is 15.7. The zero-order valence-corrected chi connectivity index (χ0v) is 12.2. The van der Waals surface area contributed by atoms with Crippen molar-refractivity contribution in [1.82, 2.24) is 0 Å². The van der Waals surface area contributed by atoms with Gasteiger partial charge in [-0.15, -0.1) is 0 Å². The van der Waals surface area contributed by atoms with E-state index in [1.165, 1.54) is 6.21 Å². The van der Waals surface area contributed by atoms with Gasteiger partial charge in [-0.3, -0.25) is 4.79 Å². The van der Waals surface area contributed by atoms with E-state index in [1.807, 2.05) is 6.07 Å². The van der Waals surface area contributed by atoms with Crippen LogP contribution in [0.15, 0.2) is 53.7 Å². The van der Waals surface area contributed by atoms with Crippen LogP contribution in [0.2, 0.25) is 5.02 Å². The van der Waals surface area contributed by atoms with Crippen LogP contribution in [0.25, 0.3) is 0 Å². The van der Waals surface area contributed by atoms with Gasteiger partial charge in [-0.25, -0.2) is 0 Å². The number of carbonyl (C=O) groups excluding carboxylic acids is 1. The molecule has 0 saturated carbocycles. The Morgan fingerprint density at radius 1 is 1.27 bits per heavy atom. The molecule has 0 radical (unpaired) electrons. The van der Waals surface area contributed by atoms with Crippen LogP contribution in [0.1, 0.15) is 11.1 Å². The first-order chi connectivity index (χ1) is 10.7. The van der Waals surface area contributed by atoms with Crippen LogP contribution in [-0.2, 0) is 9.63 Å². The third-order valence-corrected chi connectivity index (χ3v) is 2.92. The second kappa shape index (κ2) is 7.81. The average Bonchev–Trinajstić information content (AvgIpc) is 2.54. The number of nitriles is 1. The molecule has 0 saturated heterocycles. The summed E-state index contributed by atoms with van der Waals surface area (Å²) in [6.45, 7) is -0.246. The fourth-order valence-corrected chi connectivity index (χ4v) is 1.74. The Hall–Kier alpha value is -2.84. The molecule has 0 aliphatic carbocycles. The third-order valence-electron chi connectivity index (χ3n) is 2.66. The third kappa shape index (κ3) is 4.62. The number of carbonyl (C=O) groups is 1. The second-order valence-electron chi connectivity index (χ2n) is 4.27. The van der Waals surface area contributed by atoms with E-state index in [2.05, 4.69) is 10.5 Å². The van der Waals surface area contributed by atoms with Crippen molar-refractivity contribution in [3.63, 3.8) is 0 Å². The standard InChI is InChI=1S/C16H12ClN3O2/c17-14-7-5-12(6-8-14)10-19-22-11-16(21)20-15-4-2-1-3-13(15)9-18/h1-8,10H,11H2,(H,20,21). The zero-order valence-electron chi connectivity index (χ0n) is 11.5. The van der Waals surface area contributed by atoms with Gasteiger partial charge in [0.2, 0.25) is 0 Å². The van der Waals surface area contributed by atoms with E-state index in [-0.39, 0.29) is 6.61 Å². The molecule has 22 heavy (non-hydrogen) atoms. The highest BCUT2D eigenvalue weighted by Gasteiger charge is 2.06. The number of para-hydroxylation sites is 1. The predicted octanol–water partition coefficient (Wildman–Crippen LogP) is 3.20. The molecule has 1 amide bonds. The largest absolute Gasteiger partial charge is 0.386 e. The Labute approximate surface area is 132 Å². The van der Waals surface area contributed by atoms with Gasteiger partial charge < -0.3 is 10.2 Å². The molecule has 110 valence electrons. The number of halogens is 1. The van der Waals surface area contributed by atoms with Crippen LogP contribution in [0.5, 0.6) is 0 Å². The van der Waals surface area contributed by atoms with Crippen LogP contribution in [0.4, 0.5) is 5.69 Å². The van der Waals surface area contributed by atoms with Crippen molar-refractivity contribution in [2.24, 2.45) is 5.16 Å². The van der Waals surface area contributed by atoms with E-state index in [0.29, 0.717) is 16.3 Å². The SMILES string of the molecule is N#Cc1ccccc1NC(=O)CON=Cc1ccc(Cl)cc1. The minimum Gasteiger partial charge on any atom is -0.386 e. The molecule has 5 nitrogen and oxygen atoms in total. The smallest absolute Gasteiger partial charge is 0.265 e. The molecule has 0 atom stereocenters. The van der Waals surface area contributed by atoms with Crippen molar-refractivity contribution in [2.75, 3.05) is 11.9 Å². The molecule has 0 unspecified atom stereocenters. The van der Waals surface area contributed by atoms with E-state index in [1.54, 1.807) is 48.5 Å². The number of amides is 1. The Balaban J connectivity index is 1.83. The van der Waals surface area contributed by atoms with Crippen molar-refractivity contribution >= 4 is 29.4 Å². The topological polar surface area (TPSA) is 74.5 Å². The number of rotatable bonds is 5. The van der Waals surface area contributed by atoms with Crippen molar-refractivity contribution in [3.05, 3.63) is 64.7 Å². The molecule has 6 heteroatoms. The van der Waals surface area contributed by atoms with E-state index in [9.17, 15) is 4.79 Å². The number of oxime groups is 1. The van der Waals surface area contributed by atoms with Gasteiger partial charge in [0.1, 0.15) is 6.07 Å². The molecule has 0 heterocycles. The van der Waals surface area contributed by atoms with Crippen molar-refractivity contribution < 1.29 is 9.63 Å². The molecule has 0 fully saturated rings. The summed E-state index contributed by atoms with van der Waals surface area (Å²) in [7, 11) is 0. The van der Waals surface area contributed by atoms with Crippen molar-refractivity contribution in [1.29, 1.82) is 5.26 Å². The maximum absolute atomic E-state index is 11.7. The molecule has 0 spiro atoms. The Morgan fingerprint density at radius 2 is 2.00 bits per heavy atom. The number of anilines is 1. The number of hydrogen-bond donors (Lipinski definition) is 1. The molecule has 0 aromatic heterocycles. The number of hydrogen-bond acceptors (Lipinski definition) is 4. The molecule has 0 bridgehead atoms. The lowest BCUT2D eigenvalue weighted by Crippen LogP contribution is -2.17. The summed E-state index contributed by atoms with van der Waals surface area (Å²) in [4.78, 5) is 16.6. The monoisotopic (exact) mass is 313 g/mol. The van der Waals surface area contributed by atoms with E-state index in [0.717, 1.165) is 5.56 Å². The first kappa shape index (κ1) is 15.5. The molecule has 2 aromatic rings. The van der Waals surface area contributed by atoms with Crippen LogP contribution in [-0.4, -0.2) is 18.7 Å². The van der Waals surface area contributed by atoms with Crippen LogP contribution >= 0.6 is 11.6 Å². The minimum absolute atomic E-state index is 0.246. The van der Waals surface area contributed by atoms with Crippen LogP contribution in [0, 0.1) is 11.3 Å². The molecule has 0 aliphatic heterocycles. The molecular weight excluding hydrogens is 302 g/mol. The lowest BCUT2D eigenvalue weighted by atomic mass is 10.2. The maximum Gasteiger partial charge on any atom is 0.265 e. The van der Waals surface area contributed by atoms with E-state index < -0.39 is 5.91 Å². The van der Waals surface area contributed by atoms with Gasteiger partial charge in [0.05, 0.1) is 17.5 Å². The van der Waals surface area contributed by atoms with Gasteiger partial charge >= 0.3 is 0 Å². The van der Waals surface area contributed by atoms with Gasteiger partial charge in [0.15, 0.2) is 6.61 Å². The molecule has 0 aliphatic rings. The number of nitrogens with one attached hydrogen (secondary N) is 1. The summed E-state index contributed by atoms with van der Waals surface area (Å²) >= 11 is 5.76. The van der Waals surface area contributed by atoms with Gasteiger partial charge in [-0.05, 0) is 29.8 Å². The van der Waals surface area contributed by atoms with Crippen molar-refractivity contribution in [3.8, 4) is 6.07 Å². The molecule has 1 N–H and O–H groups in total. The minimum atomic E-state index is -0.393. The first-order valence-corrected chi connectivity index (χ1v) is 6.77. The van der Waals surface area contributed by atoms with Gasteiger partial charge in [0, 0.05) is 5.02 Å². The van der Waals surface area contributed by atoms with Gasteiger partial charge in [-0.1, -0.05) is 41.0 Å². The van der Waals surface area contributed by atoms with Crippen LogP contribution < -0.4 is 5.32 Å². The molecular formula is C16H12ClN3O2. The van der Waals surface area contributed by atoms with Crippen molar-refractivity contribution in [2.45, 2.75) is 0 Å². The van der Waals surface area contributed by atoms with Gasteiger partial charge in [-0.2, -0.15) is 5.26 Å². The van der Waals surface area contributed by atoms with E-state index in [4.69, 9.17) is 21.7 Å². The molecule has 2 rings (SSSR count). The highest BCUT2D eigenvalue weighted by molar-refractivity contribution is 6.30. The summed E-state index contributed by atoms with van der Waals surface area (Å²) in [5.41, 5.74) is 1.64. The van der Waals surface area contributed by atoms with Gasteiger partial charge in [0.25, 0.3) is 5.91 Å². The second-order valence-corrected chi connectivity index (χ2v) is 4.70. The summed E-state index contributed by atoms with van der Waals surface area (Å²) < 4.78 is 0. The fraction of sp³-hybridized carbons (Fsp3) is 0.0625. The summed E-state index contributed by atoms with van der Waals surface area (Å²) in [5.74, 6) is -0.393. The number of benzene rings is 2. The maximum atomic E-state index is 11.7. The first-order valence-electron chi connectivity index (χ1n) is 6.39. The highest BCUT2D eigenvalue weighted by atomic mass is 35.5. The predicted molar refractivity (Wildman–Crippen MR) is 84.8 cm³/mol. The van der Waals surface area contributed by atoms with E-state index >= 15 is 0 Å². The summed E-state index contributed by atoms with van der Waals surface area (Å²) in [5, 5.41) is 15.8. The molecule has 2 aromatic carbocycles. The number of nitrogens with zero attached hydrogens (tertiary/aromatic N) is 2. The van der Waals surface area contributed by atoms with Crippen LogP contribution in [0.3, 0.4) is 0 Å². The Morgan fingerprint density at radius 3 is 2.73 bits per heavy atom. The zero-order chi connectivity index (χ0) is 15.8. The lowest BCUT2D eigenvalue weighted by Gasteiger charge is -2.05. The average molecular weight is 314 g/mol. The quantitative estimate of drug-likeness (QED) is 0.680. The Kier molecular flexibility index (Phi) is 5.52.